The molecule has 13 heteroatoms. The zero-order valence-corrected chi connectivity index (χ0v) is 27.2. The molecule has 2 atom stereocenters. The van der Waals surface area contributed by atoms with Crippen LogP contribution in [0.5, 0.6) is 6.01 Å². The molecule has 0 N–H and O–H groups in total. The first-order valence-corrected chi connectivity index (χ1v) is 16.3. The van der Waals surface area contributed by atoms with Crippen LogP contribution >= 0.6 is 11.6 Å². The molecular weight excluding hydrogens is 631 g/mol. The summed E-state index contributed by atoms with van der Waals surface area (Å²) in [5.74, 6) is -2.01. The van der Waals surface area contributed by atoms with Gasteiger partial charge in [-0.1, -0.05) is 48.0 Å². The van der Waals surface area contributed by atoms with Gasteiger partial charge in [0.15, 0.2) is 0 Å². The van der Waals surface area contributed by atoms with E-state index >= 15 is 0 Å². The van der Waals surface area contributed by atoms with Crippen LogP contribution in [0.2, 0.25) is 5.02 Å². The molecule has 3 aliphatic heterocycles. The van der Waals surface area contributed by atoms with E-state index in [4.69, 9.17) is 31.0 Å². The van der Waals surface area contributed by atoms with Crippen molar-refractivity contribution in [1.29, 1.82) is 5.26 Å². The van der Waals surface area contributed by atoms with Gasteiger partial charge >= 0.3 is 6.01 Å². The maximum atomic E-state index is 14.1. The lowest BCUT2D eigenvalue weighted by molar-refractivity contribution is 0.0126. The number of likely N-dealkylation sites (tertiary alicyclic amines) is 1. The molecule has 250 valence electrons. The molecule has 0 bridgehead atoms. The van der Waals surface area contributed by atoms with Gasteiger partial charge in [0.05, 0.1) is 49.6 Å². The molecule has 47 heavy (non-hydrogen) atoms. The highest BCUT2D eigenvalue weighted by Gasteiger charge is 2.43. The van der Waals surface area contributed by atoms with E-state index in [0.717, 1.165) is 40.1 Å². The maximum absolute atomic E-state index is 14.1. The number of likely N-dealkylation sites (N-methyl/N-ethyl adjacent to an activating group) is 1. The van der Waals surface area contributed by atoms with Crippen molar-refractivity contribution in [3.8, 4) is 12.1 Å². The third kappa shape index (κ3) is 7.59. The summed E-state index contributed by atoms with van der Waals surface area (Å²) in [4.78, 5) is 17.9. The van der Waals surface area contributed by atoms with Gasteiger partial charge in [0, 0.05) is 61.3 Å². The molecule has 1 aromatic heterocycles. The zero-order chi connectivity index (χ0) is 33.0. The van der Waals surface area contributed by atoms with Crippen LogP contribution in [0.15, 0.2) is 48.6 Å². The molecule has 2 fully saturated rings. The van der Waals surface area contributed by atoms with Gasteiger partial charge in [0.1, 0.15) is 19.1 Å². The first kappa shape index (κ1) is 33.3. The zero-order valence-electron chi connectivity index (χ0n) is 26.4. The lowest BCUT2D eigenvalue weighted by atomic mass is 10.0. The number of anilines is 2. The summed E-state index contributed by atoms with van der Waals surface area (Å²) >= 11 is 6.68. The molecule has 0 amide bonds. The second kappa shape index (κ2) is 14.6. The number of aromatic nitrogens is 2. The minimum absolute atomic E-state index is 0.0476. The molecule has 0 saturated carbocycles. The highest BCUT2D eigenvalue weighted by molar-refractivity contribution is 6.36. The second-order valence-corrected chi connectivity index (χ2v) is 12.8. The van der Waals surface area contributed by atoms with Crippen LogP contribution < -0.4 is 14.5 Å². The molecule has 0 spiro atoms. The van der Waals surface area contributed by atoms with Crippen LogP contribution in [0.1, 0.15) is 24.1 Å². The Labute approximate surface area is 278 Å². The van der Waals surface area contributed by atoms with Crippen LogP contribution in [-0.2, 0) is 17.7 Å². The number of hydrogen-bond donors (Lipinski definition) is 0. The van der Waals surface area contributed by atoms with Crippen molar-refractivity contribution in [1.82, 2.24) is 19.8 Å². The van der Waals surface area contributed by atoms with Gasteiger partial charge in [0.25, 0.3) is 5.92 Å². The fourth-order valence-electron chi connectivity index (χ4n) is 6.80. The summed E-state index contributed by atoms with van der Waals surface area (Å²) in [6.07, 6.45) is 3.75. The van der Waals surface area contributed by atoms with Gasteiger partial charge in [-0.05, 0) is 31.0 Å². The molecule has 2 aromatic carbocycles. The lowest BCUT2D eigenvalue weighted by Gasteiger charge is -2.42. The van der Waals surface area contributed by atoms with E-state index in [1.165, 1.54) is 6.08 Å². The molecule has 0 unspecified atom stereocenters. The number of ether oxygens (including phenoxy) is 2. The number of nitriles is 1. The quantitative estimate of drug-likeness (QED) is 0.195. The fraction of sp³-hybridized carbons (Fsp3) is 0.500. The molecule has 6 rings (SSSR count). The molecular formula is C34H39ClF3N7O2. The van der Waals surface area contributed by atoms with Crippen LogP contribution in [0.4, 0.5) is 24.7 Å². The smallest absolute Gasteiger partial charge is 0.318 e. The maximum Gasteiger partial charge on any atom is 0.318 e. The lowest BCUT2D eigenvalue weighted by Crippen LogP contribution is -2.54. The summed E-state index contributed by atoms with van der Waals surface area (Å²) < 4.78 is 52.4. The summed E-state index contributed by atoms with van der Waals surface area (Å²) in [5, 5.41) is 12.3. The highest BCUT2D eigenvalue weighted by Crippen LogP contribution is 2.38. The topological polar surface area (TPSA) is 81.0 Å². The first-order chi connectivity index (χ1) is 22.8. The standard InChI is InChI=1S/C34H39ClF3N7O2/c1-42-22-34(37,38)18-26(42)21-47-33-40-29-20-43(30-9-5-7-24-6-4-8-28(35)31(24)30)14-11-27(29)32(41-33)44-15-16-45(25(19-44)10-13-39)23-46-17-3-2-12-36/h2-9,25-26H,10-12,14-23H2,1H3/b3-2+/t25-,26-/m0/s1. The van der Waals surface area contributed by atoms with E-state index in [0.29, 0.717) is 57.4 Å². The number of nitrogens with zero attached hydrogens (tertiary/aromatic N) is 7. The number of hydrogen-bond acceptors (Lipinski definition) is 9. The predicted molar refractivity (Wildman–Crippen MR) is 176 cm³/mol. The molecule has 9 nitrogen and oxygen atoms in total. The average Bonchev–Trinajstić information content (AvgIpc) is 3.34. The summed E-state index contributed by atoms with van der Waals surface area (Å²) in [7, 11) is 1.68. The Morgan fingerprint density at radius 2 is 1.91 bits per heavy atom. The minimum atomic E-state index is -2.76. The monoisotopic (exact) mass is 669 g/mol. The Morgan fingerprint density at radius 1 is 1.09 bits per heavy atom. The molecule has 4 heterocycles. The number of piperazine rings is 1. The summed E-state index contributed by atoms with van der Waals surface area (Å²) in [5.41, 5.74) is 2.84. The number of allylic oxidation sites excluding steroid dienone is 1. The van der Waals surface area contributed by atoms with Crippen molar-refractivity contribution in [3.63, 3.8) is 0 Å². The van der Waals surface area contributed by atoms with Crippen molar-refractivity contribution in [2.75, 3.05) is 76.2 Å². The van der Waals surface area contributed by atoms with E-state index in [1.54, 1.807) is 18.0 Å². The molecule has 0 aliphatic carbocycles. The van der Waals surface area contributed by atoms with Crippen LogP contribution in [0.3, 0.4) is 0 Å². The Morgan fingerprint density at radius 3 is 2.68 bits per heavy atom. The number of benzene rings is 2. The number of rotatable bonds is 11. The number of alkyl halides is 3. The average molecular weight is 670 g/mol. The third-order valence-corrected chi connectivity index (χ3v) is 9.51. The Kier molecular flexibility index (Phi) is 10.4. The molecule has 2 saturated heterocycles. The van der Waals surface area contributed by atoms with E-state index < -0.39 is 18.6 Å². The number of halogens is 4. The van der Waals surface area contributed by atoms with Gasteiger partial charge in [-0.15, -0.1) is 0 Å². The van der Waals surface area contributed by atoms with Crippen molar-refractivity contribution in [3.05, 3.63) is 64.8 Å². The minimum Gasteiger partial charge on any atom is -0.462 e. The van der Waals surface area contributed by atoms with Gasteiger partial charge in [-0.25, -0.2) is 13.2 Å². The Hall–Kier alpha value is -3.63. The predicted octanol–water partition coefficient (Wildman–Crippen LogP) is 5.47. The molecule has 3 aromatic rings. The highest BCUT2D eigenvalue weighted by atomic mass is 35.5. The first-order valence-electron chi connectivity index (χ1n) is 15.9. The third-order valence-electron chi connectivity index (χ3n) is 9.20. The Bertz CT molecular complexity index is 1630. The number of fused-ring (bicyclic) bond motifs is 2. The molecule has 3 aliphatic rings. The van der Waals surface area contributed by atoms with Crippen LogP contribution in [-0.4, -0.2) is 104 Å². The van der Waals surface area contributed by atoms with Gasteiger partial charge in [-0.3, -0.25) is 9.80 Å². The molecule has 0 radical (unpaired) electrons. The fourth-order valence-corrected chi connectivity index (χ4v) is 7.08. The van der Waals surface area contributed by atoms with Crippen LogP contribution in [0, 0.1) is 11.3 Å². The SMILES string of the molecule is CN1CC(F)(F)C[C@H]1COc1nc2c(c(N3CCN(COC/C=C/CF)[C@@H](CC#N)C3)n1)CCN(c1cccc3cccc(Cl)c13)C2. The van der Waals surface area contributed by atoms with Crippen molar-refractivity contribution >= 4 is 33.9 Å². The van der Waals surface area contributed by atoms with Gasteiger partial charge in [0.2, 0.25) is 0 Å². The van der Waals surface area contributed by atoms with Gasteiger partial charge in [-0.2, -0.15) is 15.2 Å². The van der Waals surface area contributed by atoms with E-state index in [-0.39, 0.29) is 31.6 Å². The van der Waals surface area contributed by atoms with Crippen molar-refractivity contribution < 1.29 is 22.6 Å². The summed E-state index contributed by atoms with van der Waals surface area (Å²) in [6.45, 7) is 2.86. The van der Waals surface area contributed by atoms with E-state index in [9.17, 15) is 18.4 Å². The van der Waals surface area contributed by atoms with Crippen molar-refractivity contribution in [2.24, 2.45) is 0 Å². The largest absolute Gasteiger partial charge is 0.462 e. The van der Waals surface area contributed by atoms with E-state index in [2.05, 4.69) is 26.8 Å². The summed E-state index contributed by atoms with van der Waals surface area (Å²) in [6, 6.07) is 13.9. The van der Waals surface area contributed by atoms with E-state index in [1.807, 2.05) is 30.3 Å². The normalized spacial score (nSPS) is 21.8. The Balaban J connectivity index is 1.28. The van der Waals surface area contributed by atoms with Gasteiger partial charge < -0.3 is 19.3 Å². The van der Waals surface area contributed by atoms with Crippen molar-refractivity contribution in [2.45, 2.75) is 43.8 Å². The second-order valence-electron chi connectivity index (χ2n) is 12.4. The van der Waals surface area contributed by atoms with Crippen LogP contribution in [0.25, 0.3) is 10.8 Å².